The van der Waals surface area contributed by atoms with Crippen LogP contribution in [0.1, 0.15) is 80.1 Å². The number of nitrogens with one attached hydrogen (secondary N) is 2. The van der Waals surface area contributed by atoms with E-state index in [1.165, 1.54) is 38.5 Å². The summed E-state index contributed by atoms with van der Waals surface area (Å²) in [5.74, 6) is 1.32. The van der Waals surface area contributed by atoms with Crippen molar-refractivity contribution in [3.63, 3.8) is 0 Å². The topological polar surface area (TPSA) is 50.4 Å². The maximum atomic E-state index is 11.9. The summed E-state index contributed by atoms with van der Waals surface area (Å²) in [5.41, 5.74) is -0.557. The predicted octanol–water partition coefficient (Wildman–Crippen LogP) is 4.49. The van der Waals surface area contributed by atoms with Crippen molar-refractivity contribution in [2.75, 3.05) is 13.1 Å². The summed E-state index contributed by atoms with van der Waals surface area (Å²) in [7, 11) is 0. The van der Waals surface area contributed by atoms with E-state index in [-0.39, 0.29) is 11.6 Å². The molecule has 1 amide bonds. The molecule has 0 heterocycles. The van der Waals surface area contributed by atoms with E-state index in [0.29, 0.717) is 12.5 Å². The van der Waals surface area contributed by atoms with Gasteiger partial charge in [-0.1, -0.05) is 46.0 Å². The molecule has 0 spiro atoms. The molecule has 0 aromatic heterocycles. The van der Waals surface area contributed by atoms with Crippen LogP contribution in [0.3, 0.4) is 0 Å². The van der Waals surface area contributed by atoms with E-state index in [2.05, 4.69) is 31.4 Å². The van der Waals surface area contributed by atoms with E-state index < -0.39 is 5.60 Å². The van der Waals surface area contributed by atoms with E-state index >= 15 is 0 Å². The van der Waals surface area contributed by atoms with Crippen LogP contribution in [-0.2, 0) is 4.74 Å². The fraction of sp³-hybridized carbons (Fsp3) is 0.947. The van der Waals surface area contributed by atoms with Crippen LogP contribution in [0.5, 0.6) is 0 Å². The summed E-state index contributed by atoms with van der Waals surface area (Å²) in [4.78, 5) is 11.9. The van der Waals surface area contributed by atoms with Crippen molar-refractivity contribution in [3.8, 4) is 0 Å². The lowest BCUT2D eigenvalue weighted by molar-refractivity contribution is 0.0503. The largest absolute Gasteiger partial charge is 0.444 e. The number of ether oxygens (including phenoxy) is 1. The van der Waals surface area contributed by atoms with Gasteiger partial charge in [0, 0.05) is 12.1 Å². The maximum absolute atomic E-state index is 11.9. The fourth-order valence-corrected chi connectivity index (χ4v) is 3.08. The van der Waals surface area contributed by atoms with E-state index in [1.807, 2.05) is 20.8 Å². The lowest BCUT2D eigenvalue weighted by Crippen LogP contribution is -2.55. The summed E-state index contributed by atoms with van der Waals surface area (Å²) < 4.78 is 5.33. The number of rotatable bonds is 7. The second-order valence-electron chi connectivity index (χ2n) is 8.65. The molecule has 1 saturated carbocycles. The number of alkyl carbamates (subject to hydrolysis) is 1. The average molecular weight is 327 g/mol. The van der Waals surface area contributed by atoms with Crippen molar-refractivity contribution in [3.05, 3.63) is 0 Å². The molecule has 1 unspecified atom stereocenters. The van der Waals surface area contributed by atoms with Gasteiger partial charge in [-0.25, -0.2) is 4.79 Å². The van der Waals surface area contributed by atoms with Crippen molar-refractivity contribution >= 4 is 6.09 Å². The molecular weight excluding hydrogens is 288 g/mol. The zero-order valence-electron chi connectivity index (χ0n) is 16.1. The molecule has 0 aromatic rings. The second kappa shape index (κ2) is 8.91. The molecule has 0 saturated heterocycles. The van der Waals surface area contributed by atoms with Gasteiger partial charge in [-0.05, 0) is 52.5 Å². The van der Waals surface area contributed by atoms with Gasteiger partial charge in [0.05, 0.1) is 0 Å². The van der Waals surface area contributed by atoms with Crippen molar-refractivity contribution in [1.82, 2.24) is 10.6 Å². The first kappa shape index (κ1) is 20.3. The zero-order chi connectivity index (χ0) is 17.5. The Labute approximate surface area is 143 Å². The Morgan fingerprint density at radius 2 is 1.74 bits per heavy atom. The number of hydrogen-bond acceptors (Lipinski definition) is 3. The van der Waals surface area contributed by atoms with Gasteiger partial charge in [0.15, 0.2) is 0 Å². The van der Waals surface area contributed by atoms with E-state index in [1.54, 1.807) is 0 Å². The van der Waals surface area contributed by atoms with Crippen molar-refractivity contribution in [1.29, 1.82) is 0 Å². The van der Waals surface area contributed by atoms with Crippen molar-refractivity contribution in [2.45, 2.75) is 91.2 Å². The van der Waals surface area contributed by atoms with Crippen LogP contribution in [0, 0.1) is 11.8 Å². The van der Waals surface area contributed by atoms with Gasteiger partial charge in [-0.3, -0.25) is 0 Å². The molecule has 1 atom stereocenters. The van der Waals surface area contributed by atoms with Gasteiger partial charge in [-0.2, -0.15) is 0 Å². The molecule has 1 aliphatic rings. The average Bonchev–Trinajstić information content (AvgIpc) is 2.44. The molecule has 1 rings (SSSR count). The molecule has 136 valence electrons. The SMILES string of the molecule is CC(C)C(C)(CNC(=O)OC(C)(C)C)NCCC1CCCCC1. The summed E-state index contributed by atoms with van der Waals surface area (Å²) in [6, 6.07) is 0. The standard InChI is InChI=1S/C19H38N2O2/c1-15(2)19(6,14-20-17(22)23-18(3,4)5)21-13-12-16-10-8-7-9-11-16/h15-16,21H,7-14H2,1-6H3,(H,20,22). The van der Waals surface area contributed by atoms with E-state index in [0.717, 1.165) is 12.5 Å². The summed E-state index contributed by atoms with van der Waals surface area (Å²) in [5, 5.41) is 6.62. The number of carbonyl (C=O) groups is 1. The number of carbonyl (C=O) groups excluding carboxylic acids is 1. The van der Waals surface area contributed by atoms with E-state index in [4.69, 9.17) is 4.74 Å². The summed E-state index contributed by atoms with van der Waals surface area (Å²) in [6.45, 7) is 13.9. The molecule has 0 bridgehead atoms. The molecule has 0 aromatic carbocycles. The van der Waals surface area contributed by atoms with Crippen molar-refractivity contribution < 1.29 is 9.53 Å². The first-order valence-electron chi connectivity index (χ1n) is 9.34. The van der Waals surface area contributed by atoms with Crippen molar-refractivity contribution in [2.24, 2.45) is 11.8 Å². The molecule has 2 N–H and O–H groups in total. The molecule has 1 fully saturated rings. The highest BCUT2D eigenvalue weighted by molar-refractivity contribution is 5.67. The van der Waals surface area contributed by atoms with Gasteiger partial charge in [0.25, 0.3) is 0 Å². The first-order valence-corrected chi connectivity index (χ1v) is 9.34. The summed E-state index contributed by atoms with van der Waals surface area (Å²) in [6.07, 6.45) is 7.88. The van der Waals surface area contributed by atoms with Crippen LogP contribution in [0.15, 0.2) is 0 Å². The van der Waals surface area contributed by atoms with Crippen LogP contribution >= 0.6 is 0 Å². The highest BCUT2D eigenvalue weighted by Gasteiger charge is 2.29. The van der Waals surface area contributed by atoms with E-state index in [9.17, 15) is 4.79 Å². The minimum Gasteiger partial charge on any atom is -0.444 e. The predicted molar refractivity (Wildman–Crippen MR) is 96.7 cm³/mol. The van der Waals surface area contributed by atoms with Crippen LogP contribution in [0.4, 0.5) is 4.79 Å². The van der Waals surface area contributed by atoms with Gasteiger partial charge < -0.3 is 15.4 Å². The zero-order valence-corrected chi connectivity index (χ0v) is 16.1. The third-order valence-corrected chi connectivity index (χ3v) is 5.08. The van der Waals surface area contributed by atoms with Gasteiger partial charge >= 0.3 is 6.09 Å². The Hall–Kier alpha value is -0.770. The van der Waals surface area contributed by atoms with Gasteiger partial charge in [0.1, 0.15) is 5.60 Å². The van der Waals surface area contributed by atoms with Crippen LogP contribution < -0.4 is 10.6 Å². The lowest BCUT2D eigenvalue weighted by atomic mass is 9.85. The molecule has 4 heteroatoms. The Bertz CT molecular complexity index is 357. The third kappa shape index (κ3) is 8.05. The third-order valence-electron chi connectivity index (χ3n) is 5.08. The molecule has 1 aliphatic carbocycles. The molecule has 0 radical (unpaired) electrons. The molecule has 0 aliphatic heterocycles. The van der Waals surface area contributed by atoms with Gasteiger partial charge in [0.2, 0.25) is 0 Å². The smallest absolute Gasteiger partial charge is 0.407 e. The Balaban J connectivity index is 2.39. The maximum Gasteiger partial charge on any atom is 0.407 e. The number of amides is 1. The Kier molecular flexibility index (Phi) is 7.85. The molecule has 4 nitrogen and oxygen atoms in total. The molecular formula is C19H38N2O2. The van der Waals surface area contributed by atoms with Crippen LogP contribution in [0.2, 0.25) is 0 Å². The Morgan fingerprint density at radius 1 is 1.13 bits per heavy atom. The second-order valence-corrected chi connectivity index (χ2v) is 8.65. The van der Waals surface area contributed by atoms with Gasteiger partial charge in [-0.15, -0.1) is 0 Å². The quantitative estimate of drug-likeness (QED) is 0.725. The minimum atomic E-state index is -0.452. The lowest BCUT2D eigenvalue weighted by Gasteiger charge is -2.36. The van der Waals surface area contributed by atoms with Crippen LogP contribution in [-0.4, -0.2) is 30.3 Å². The summed E-state index contributed by atoms with van der Waals surface area (Å²) >= 11 is 0. The first-order chi connectivity index (χ1) is 10.6. The van der Waals surface area contributed by atoms with Crippen LogP contribution in [0.25, 0.3) is 0 Å². The number of hydrogen-bond donors (Lipinski definition) is 2. The Morgan fingerprint density at radius 3 is 2.26 bits per heavy atom. The fourth-order valence-electron chi connectivity index (χ4n) is 3.08. The highest BCUT2D eigenvalue weighted by atomic mass is 16.6. The highest BCUT2D eigenvalue weighted by Crippen LogP contribution is 2.26. The monoisotopic (exact) mass is 326 g/mol. The molecule has 23 heavy (non-hydrogen) atoms. The normalized spacial score (nSPS) is 19.4. The minimum absolute atomic E-state index is 0.106.